The van der Waals surface area contributed by atoms with Crippen LogP contribution in [0.25, 0.3) is 0 Å². The molecule has 2 aromatic rings. The van der Waals surface area contributed by atoms with Gasteiger partial charge in [-0.2, -0.15) is 0 Å². The van der Waals surface area contributed by atoms with Crippen LogP contribution in [0.4, 0.5) is 0 Å². The predicted octanol–water partition coefficient (Wildman–Crippen LogP) is 3.44. The van der Waals surface area contributed by atoms with Crippen molar-refractivity contribution in [3.8, 4) is 0 Å². The highest BCUT2D eigenvalue weighted by Gasteiger charge is 2.64. The van der Waals surface area contributed by atoms with E-state index in [1.54, 1.807) is 11.1 Å². The fourth-order valence-corrected chi connectivity index (χ4v) is 6.02. The van der Waals surface area contributed by atoms with Gasteiger partial charge in [-0.25, -0.2) is 0 Å². The van der Waals surface area contributed by atoms with Gasteiger partial charge in [-0.05, 0) is 30.2 Å². The molecule has 1 aliphatic carbocycles. The van der Waals surface area contributed by atoms with Crippen molar-refractivity contribution in [3.63, 3.8) is 0 Å². The van der Waals surface area contributed by atoms with E-state index in [0.717, 1.165) is 18.9 Å². The first kappa shape index (κ1) is 15.6. The van der Waals surface area contributed by atoms with Crippen molar-refractivity contribution in [3.05, 3.63) is 70.8 Å². The van der Waals surface area contributed by atoms with E-state index in [4.69, 9.17) is 4.74 Å². The van der Waals surface area contributed by atoms with E-state index in [9.17, 15) is 0 Å². The fourth-order valence-electron chi connectivity index (χ4n) is 6.02. The molecule has 4 atom stereocenters. The third-order valence-electron chi connectivity index (χ3n) is 7.46. The predicted molar refractivity (Wildman–Crippen MR) is 99.5 cm³/mol. The SMILES string of the molecule is COCC[C@@]12C[C@H]3C[C@@]3(C)c3ccccc3[C@@](C)([NH2+]1)c1ccccc12. The fraction of sp³-hybridized carbons (Fsp3) is 0.478. The third-order valence-corrected chi connectivity index (χ3v) is 7.46. The Hall–Kier alpha value is -1.64. The average molecular weight is 334 g/mol. The van der Waals surface area contributed by atoms with Crippen LogP contribution in [0.5, 0.6) is 0 Å². The van der Waals surface area contributed by atoms with Gasteiger partial charge in [0, 0.05) is 36.6 Å². The molecule has 130 valence electrons. The molecular weight excluding hydrogens is 306 g/mol. The Bertz CT molecular complexity index is 845. The highest BCUT2D eigenvalue weighted by atomic mass is 16.5. The maximum Gasteiger partial charge on any atom is 0.146 e. The first-order chi connectivity index (χ1) is 12.0. The van der Waals surface area contributed by atoms with Crippen molar-refractivity contribution < 1.29 is 10.1 Å². The van der Waals surface area contributed by atoms with Crippen LogP contribution in [-0.2, 0) is 21.2 Å². The van der Waals surface area contributed by atoms with Crippen LogP contribution in [0, 0.1) is 5.92 Å². The van der Waals surface area contributed by atoms with E-state index in [2.05, 4.69) is 67.7 Å². The van der Waals surface area contributed by atoms with Crippen LogP contribution in [0.3, 0.4) is 0 Å². The summed E-state index contributed by atoms with van der Waals surface area (Å²) in [6.07, 6.45) is 3.67. The topological polar surface area (TPSA) is 25.8 Å². The van der Waals surface area contributed by atoms with Gasteiger partial charge in [0.2, 0.25) is 0 Å². The van der Waals surface area contributed by atoms with Crippen molar-refractivity contribution >= 4 is 0 Å². The zero-order valence-electron chi connectivity index (χ0n) is 15.5. The summed E-state index contributed by atoms with van der Waals surface area (Å²) in [6.45, 7) is 5.75. The Labute approximate surface area is 150 Å². The molecule has 3 aliphatic rings. The van der Waals surface area contributed by atoms with Crippen LogP contribution >= 0.6 is 0 Å². The molecule has 2 aromatic carbocycles. The molecule has 2 nitrogen and oxygen atoms in total. The quantitative estimate of drug-likeness (QED) is 0.914. The number of quaternary nitrogens is 1. The highest BCUT2D eigenvalue weighted by molar-refractivity contribution is 5.53. The minimum Gasteiger partial charge on any atom is -0.384 e. The van der Waals surface area contributed by atoms with Crippen molar-refractivity contribution in [1.29, 1.82) is 0 Å². The highest BCUT2D eigenvalue weighted by Crippen LogP contribution is 2.62. The third kappa shape index (κ3) is 1.93. The van der Waals surface area contributed by atoms with E-state index in [1.165, 1.54) is 24.0 Å². The summed E-state index contributed by atoms with van der Waals surface area (Å²) in [6, 6.07) is 18.4. The monoisotopic (exact) mass is 334 g/mol. The lowest BCUT2D eigenvalue weighted by Crippen LogP contribution is -3.00. The number of ether oxygens (including phenoxy) is 1. The van der Waals surface area contributed by atoms with Crippen LogP contribution in [0.2, 0.25) is 0 Å². The van der Waals surface area contributed by atoms with E-state index < -0.39 is 0 Å². The number of fused-ring (bicyclic) bond motifs is 9. The van der Waals surface area contributed by atoms with E-state index in [-0.39, 0.29) is 11.1 Å². The van der Waals surface area contributed by atoms with E-state index in [1.807, 2.05) is 7.11 Å². The molecule has 2 heteroatoms. The van der Waals surface area contributed by atoms with Gasteiger partial charge in [0.05, 0.1) is 6.61 Å². The molecule has 0 amide bonds. The Kier molecular flexibility index (Phi) is 3.09. The van der Waals surface area contributed by atoms with Gasteiger partial charge in [-0.15, -0.1) is 0 Å². The Morgan fingerprint density at radius 2 is 1.52 bits per heavy atom. The second-order valence-electron chi connectivity index (χ2n) is 8.86. The molecule has 1 saturated carbocycles. The Morgan fingerprint density at radius 3 is 2.20 bits per heavy atom. The van der Waals surface area contributed by atoms with Gasteiger partial charge < -0.3 is 10.1 Å². The van der Waals surface area contributed by atoms with Gasteiger partial charge in [-0.3, -0.25) is 0 Å². The first-order valence-corrected chi connectivity index (χ1v) is 9.59. The smallest absolute Gasteiger partial charge is 0.146 e. The van der Waals surface area contributed by atoms with Crippen molar-refractivity contribution in [2.24, 2.45) is 5.92 Å². The number of benzene rings is 2. The van der Waals surface area contributed by atoms with Crippen molar-refractivity contribution in [2.45, 2.75) is 49.6 Å². The van der Waals surface area contributed by atoms with E-state index >= 15 is 0 Å². The maximum atomic E-state index is 5.53. The second kappa shape index (κ2) is 4.96. The number of hydrogen-bond donors (Lipinski definition) is 1. The minimum atomic E-state index is -0.00248. The molecular formula is C23H28NO+. The summed E-state index contributed by atoms with van der Waals surface area (Å²) < 4.78 is 5.53. The number of hydrogen-bond acceptors (Lipinski definition) is 1. The minimum absolute atomic E-state index is 0.00248. The van der Waals surface area contributed by atoms with Crippen LogP contribution in [0.15, 0.2) is 48.5 Å². The Morgan fingerprint density at radius 1 is 0.920 bits per heavy atom. The zero-order valence-corrected chi connectivity index (χ0v) is 15.5. The lowest BCUT2D eigenvalue weighted by molar-refractivity contribution is -0.787. The van der Waals surface area contributed by atoms with Crippen LogP contribution in [0.1, 0.15) is 55.4 Å². The molecule has 0 aromatic heterocycles. The summed E-state index contributed by atoms with van der Waals surface area (Å²) in [5.41, 5.74) is 6.65. The number of rotatable bonds is 3. The summed E-state index contributed by atoms with van der Waals surface area (Å²) in [4.78, 5) is 0. The zero-order chi connectivity index (χ0) is 17.3. The number of nitrogens with two attached hydrogens (primary N) is 1. The summed E-state index contributed by atoms with van der Waals surface area (Å²) in [5.74, 6) is 0.775. The molecule has 0 unspecified atom stereocenters. The molecule has 2 bridgehead atoms. The van der Waals surface area contributed by atoms with Gasteiger partial charge in [0.15, 0.2) is 0 Å². The first-order valence-electron chi connectivity index (χ1n) is 9.59. The lowest BCUT2D eigenvalue weighted by atomic mass is 9.77. The molecule has 0 spiro atoms. The van der Waals surface area contributed by atoms with Gasteiger partial charge in [0.1, 0.15) is 11.1 Å². The number of methoxy groups -OCH3 is 1. The summed E-state index contributed by atoms with van der Waals surface area (Å²) in [7, 11) is 1.83. The van der Waals surface area contributed by atoms with Crippen molar-refractivity contribution in [2.75, 3.05) is 13.7 Å². The normalized spacial score (nSPS) is 37.5. The van der Waals surface area contributed by atoms with E-state index in [0.29, 0.717) is 5.41 Å². The molecule has 2 aliphatic heterocycles. The molecule has 2 N–H and O–H groups in total. The average Bonchev–Trinajstić information content (AvgIpc) is 3.20. The lowest BCUT2D eigenvalue weighted by Gasteiger charge is -2.36. The van der Waals surface area contributed by atoms with Crippen LogP contribution < -0.4 is 5.32 Å². The molecule has 2 heterocycles. The molecule has 5 rings (SSSR count). The molecule has 0 radical (unpaired) electrons. The largest absolute Gasteiger partial charge is 0.384 e. The Balaban J connectivity index is 1.78. The summed E-state index contributed by atoms with van der Waals surface area (Å²) in [5, 5.41) is 2.68. The van der Waals surface area contributed by atoms with Gasteiger partial charge in [-0.1, -0.05) is 55.5 Å². The molecule has 25 heavy (non-hydrogen) atoms. The molecule has 0 saturated heterocycles. The molecule has 1 fully saturated rings. The van der Waals surface area contributed by atoms with Crippen LogP contribution in [-0.4, -0.2) is 13.7 Å². The maximum absolute atomic E-state index is 5.53. The van der Waals surface area contributed by atoms with Gasteiger partial charge >= 0.3 is 0 Å². The van der Waals surface area contributed by atoms with Crippen molar-refractivity contribution in [1.82, 2.24) is 0 Å². The van der Waals surface area contributed by atoms with Gasteiger partial charge in [0.25, 0.3) is 0 Å². The summed E-state index contributed by atoms with van der Waals surface area (Å²) >= 11 is 0. The standard InChI is InChI=1S/C23H27NO/c1-21-14-16(21)15-23(12-13-25-3)20-11-7-6-10-19(20)22(2,24-23)18-9-5-4-8-17(18)21/h4-11,16,24H,12-15H2,1-3H3/p+1/t16-,21-,22-,23+/m1/s1. The second-order valence-corrected chi connectivity index (χ2v) is 8.86.